The molecule has 4 heteroatoms. The van der Waals surface area contributed by atoms with E-state index in [4.69, 9.17) is 0 Å². The molecule has 0 radical (unpaired) electrons. The van der Waals surface area contributed by atoms with E-state index >= 15 is 0 Å². The average Bonchev–Trinajstić information content (AvgIpc) is 1.88. The first-order valence-corrected chi connectivity index (χ1v) is 2.90. The molecular formula is C6H7N3O. The van der Waals surface area contributed by atoms with E-state index in [2.05, 4.69) is 15.2 Å². The molecule has 4 nitrogen and oxygen atoms in total. The molecule has 1 rings (SSSR count). The highest BCUT2D eigenvalue weighted by Gasteiger charge is 1.97. The van der Waals surface area contributed by atoms with Gasteiger partial charge in [0.05, 0.1) is 18.3 Å². The molecule has 0 unspecified atom stereocenters. The maximum atomic E-state index is 10.5. The van der Waals surface area contributed by atoms with Crippen LogP contribution in [0.2, 0.25) is 0 Å². The molecular weight excluding hydrogens is 130 g/mol. The largest absolute Gasteiger partial charge is 0.300 e. The van der Waals surface area contributed by atoms with Crippen molar-refractivity contribution in [3.05, 3.63) is 18.2 Å². The minimum atomic E-state index is 0.0716. The van der Waals surface area contributed by atoms with Crippen LogP contribution in [0.5, 0.6) is 0 Å². The lowest BCUT2D eigenvalue weighted by molar-refractivity contribution is -0.116. The highest BCUT2D eigenvalue weighted by molar-refractivity contribution is 5.77. The van der Waals surface area contributed by atoms with Crippen LogP contribution in [0.15, 0.2) is 12.5 Å². The smallest absolute Gasteiger partial charge is 0.138 e. The lowest BCUT2D eigenvalue weighted by Crippen LogP contribution is -2.00. The number of hydrogen-bond acceptors (Lipinski definition) is 4. The van der Waals surface area contributed by atoms with E-state index in [1.807, 2.05) is 0 Å². The topological polar surface area (TPSA) is 55.7 Å². The molecule has 0 bridgehead atoms. The standard InChI is InChI=1S/C6H7N3O/c1-5(10)2-6-3-7-4-8-9-6/h3-4H,2H2,1H3. The number of carbonyl (C=O) groups is 1. The van der Waals surface area contributed by atoms with Crippen molar-refractivity contribution in [2.75, 3.05) is 0 Å². The Kier molecular flexibility index (Phi) is 2.04. The molecule has 0 saturated carbocycles. The highest BCUT2D eigenvalue weighted by Crippen LogP contribution is 1.89. The number of aromatic nitrogens is 3. The third kappa shape index (κ3) is 1.89. The first kappa shape index (κ1) is 6.80. The van der Waals surface area contributed by atoms with Crippen LogP contribution >= 0.6 is 0 Å². The van der Waals surface area contributed by atoms with Gasteiger partial charge < -0.3 is 0 Å². The summed E-state index contributed by atoms with van der Waals surface area (Å²) in [6.07, 6.45) is 3.19. The van der Waals surface area contributed by atoms with Crippen LogP contribution < -0.4 is 0 Å². The second-order valence-electron chi connectivity index (χ2n) is 1.98. The molecule has 1 aromatic heterocycles. The van der Waals surface area contributed by atoms with Crippen LogP contribution in [0, 0.1) is 0 Å². The fourth-order valence-corrected chi connectivity index (χ4v) is 0.611. The second-order valence-corrected chi connectivity index (χ2v) is 1.98. The fourth-order valence-electron chi connectivity index (χ4n) is 0.611. The summed E-state index contributed by atoms with van der Waals surface area (Å²) in [7, 11) is 0. The zero-order valence-electron chi connectivity index (χ0n) is 5.61. The molecule has 10 heavy (non-hydrogen) atoms. The Hall–Kier alpha value is -1.32. The predicted octanol–water partition coefficient (Wildman–Crippen LogP) is 0.00310. The van der Waals surface area contributed by atoms with Gasteiger partial charge in [0.25, 0.3) is 0 Å². The zero-order valence-corrected chi connectivity index (χ0v) is 5.61. The summed E-state index contributed by atoms with van der Waals surface area (Å²) in [6.45, 7) is 1.51. The van der Waals surface area contributed by atoms with E-state index in [-0.39, 0.29) is 5.78 Å². The van der Waals surface area contributed by atoms with Gasteiger partial charge in [0.2, 0.25) is 0 Å². The summed E-state index contributed by atoms with van der Waals surface area (Å²) >= 11 is 0. The summed E-state index contributed by atoms with van der Waals surface area (Å²) in [5.74, 6) is 0.0716. The molecule has 0 aliphatic rings. The Balaban J connectivity index is 2.67. The van der Waals surface area contributed by atoms with Gasteiger partial charge in [-0.05, 0) is 6.92 Å². The Morgan fingerprint density at radius 1 is 1.70 bits per heavy atom. The van der Waals surface area contributed by atoms with Crippen molar-refractivity contribution < 1.29 is 4.79 Å². The zero-order chi connectivity index (χ0) is 7.40. The summed E-state index contributed by atoms with van der Waals surface area (Å²) in [4.78, 5) is 14.2. The minimum absolute atomic E-state index is 0.0716. The first-order chi connectivity index (χ1) is 4.79. The minimum Gasteiger partial charge on any atom is -0.300 e. The van der Waals surface area contributed by atoms with Gasteiger partial charge in [0.15, 0.2) is 0 Å². The summed E-state index contributed by atoms with van der Waals surface area (Å²) in [5.41, 5.74) is 0.620. The van der Waals surface area contributed by atoms with Crippen molar-refractivity contribution in [3.63, 3.8) is 0 Å². The van der Waals surface area contributed by atoms with E-state index in [0.717, 1.165) is 0 Å². The quantitative estimate of drug-likeness (QED) is 0.575. The lowest BCUT2D eigenvalue weighted by atomic mass is 10.2. The van der Waals surface area contributed by atoms with Crippen LogP contribution in [0.3, 0.4) is 0 Å². The molecule has 52 valence electrons. The normalized spacial score (nSPS) is 9.30. The SMILES string of the molecule is CC(=O)Cc1cncnn1. The van der Waals surface area contributed by atoms with Crippen molar-refractivity contribution in [1.29, 1.82) is 0 Å². The van der Waals surface area contributed by atoms with E-state index < -0.39 is 0 Å². The predicted molar refractivity (Wildman–Crippen MR) is 34.2 cm³/mol. The summed E-state index contributed by atoms with van der Waals surface area (Å²) < 4.78 is 0. The second kappa shape index (κ2) is 3.00. The highest BCUT2D eigenvalue weighted by atomic mass is 16.1. The van der Waals surface area contributed by atoms with Gasteiger partial charge in [-0.25, -0.2) is 4.98 Å². The van der Waals surface area contributed by atoms with Crippen molar-refractivity contribution >= 4 is 5.78 Å². The van der Waals surface area contributed by atoms with Crippen LogP contribution in [0.4, 0.5) is 0 Å². The molecule has 0 atom stereocenters. The van der Waals surface area contributed by atoms with E-state index in [0.29, 0.717) is 12.1 Å². The van der Waals surface area contributed by atoms with Gasteiger partial charge in [-0.2, -0.15) is 5.10 Å². The van der Waals surface area contributed by atoms with Crippen LogP contribution in [-0.4, -0.2) is 21.0 Å². The number of ketones is 1. The van der Waals surface area contributed by atoms with E-state index in [9.17, 15) is 4.79 Å². The molecule has 1 heterocycles. The molecule has 0 fully saturated rings. The Labute approximate surface area is 58.3 Å². The maximum Gasteiger partial charge on any atom is 0.138 e. The first-order valence-electron chi connectivity index (χ1n) is 2.90. The van der Waals surface area contributed by atoms with E-state index in [1.54, 1.807) is 0 Å². The maximum absolute atomic E-state index is 10.5. The van der Waals surface area contributed by atoms with Crippen LogP contribution in [-0.2, 0) is 11.2 Å². The van der Waals surface area contributed by atoms with Gasteiger partial charge in [-0.3, -0.25) is 4.79 Å². The van der Waals surface area contributed by atoms with Gasteiger partial charge in [-0.1, -0.05) is 0 Å². The number of carbonyl (C=O) groups excluding carboxylic acids is 1. The molecule has 0 aromatic carbocycles. The Morgan fingerprint density at radius 3 is 3.00 bits per heavy atom. The monoisotopic (exact) mass is 137 g/mol. The number of Topliss-reactive ketones (excluding diaryl/α,β-unsaturated/α-hetero) is 1. The third-order valence-electron chi connectivity index (χ3n) is 0.958. The third-order valence-corrected chi connectivity index (χ3v) is 0.958. The van der Waals surface area contributed by atoms with Gasteiger partial charge in [0.1, 0.15) is 12.1 Å². The van der Waals surface area contributed by atoms with Gasteiger partial charge in [-0.15, -0.1) is 5.10 Å². The van der Waals surface area contributed by atoms with Gasteiger partial charge in [0, 0.05) is 0 Å². The summed E-state index contributed by atoms with van der Waals surface area (Å²) in [6, 6.07) is 0. The number of hydrogen-bond donors (Lipinski definition) is 0. The van der Waals surface area contributed by atoms with Crippen molar-refractivity contribution in [2.45, 2.75) is 13.3 Å². The van der Waals surface area contributed by atoms with Crippen LogP contribution in [0.1, 0.15) is 12.6 Å². The Morgan fingerprint density at radius 2 is 2.50 bits per heavy atom. The molecule has 0 amide bonds. The van der Waals surface area contributed by atoms with Crippen molar-refractivity contribution in [1.82, 2.24) is 15.2 Å². The average molecular weight is 137 g/mol. The Bertz CT molecular complexity index is 222. The number of rotatable bonds is 2. The lowest BCUT2D eigenvalue weighted by Gasteiger charge is -1.90. The molecule has 0 N–H and O–H groups in total. The van der Waals surface area contributed by atoms with E-state index in [1.165, 1.54) is 19.4 Å². The van der Waals surface area contributed by atoms with Crippen molar-refractivity contribution in [3.8, 4) is 0 Å². The summed E-state index contributed by atoms with van der Waals surface area (Å²) in [5, 5.41) is 7.21. The van der Waals surface area contributed by atoms with Crippen molar-refractivity contribution in [2.24, 2.45) is 0 Å². The molecule has 0 aliphatic heterocycles. The number of nitrogens with zero attached hydrogens (tertiary/aromatic N) is 3. The molecule has 1 aromatic rings. The van der Waals surface area contributed by atoms with Gasteiger partial charge >= 0.3 is 0 Å². The van der Waals surface area contributed by atoms with Crippen LogP contribution in [0.25, 0.3) is 0 Å². The molecule has 0 saturated heterocycles. The molecule has 0 aliphatic carbocycles. The molecule has 0 spiro atoms. The fraction of sp³-hybridized carbons (Fsp3) is 0.333.